The Morgan fingerprint density at radius 3 is 2.57 bits per heavy atom. The Labute approximate surface area is 248 Å². The van der Waals surface area contributed by atoms with Crippen LogP contribution in [0.25, 0.3) is 0 Å². The molecule has 42 heavy (non-hydrogen) atoms. The van der Waals surface area contributed by atoms with Gasteiger partial charge in [-0.1, -0.05) is 20.8 Å². The standard InChI is InChI=1S/C29H44FN7O2.CH2O2/c1-7-31-13-11-24(20(3)4)36-17-29(18-36)12-14-35(16-29)26-27(34-33-19-32-26)39-25-10-9-22(30)15-23(25)28(38)37(8-2)21(5)6;2-1-3/h9-10,15,19-21,24,31H,7-8,11-14,16-18H2,1-6H3;1H,(H,2,3)/t24-;/m1./s1. The molecule has 3 heterocycles. The number of likely N-dealkylation sites (tertiary alicyclic amines) is 1. The van der Waals surface area contributed by atoms with Crippen molar-refractivity contribution in [2.45, 2.75) is 66.5 Å². The molecule has 2 N–H and O–H groups in total. The molecule has 0 radical (unpaired) electrons. The van der Waals surface area contributed by atoms with Gasteiger partial charge in [-0.25, -0.2) is 9.37 Å². The Morgan fingerprint density at radius 1 is 1.24 bits per heavy atom. The average molecular weight is 588 g/mol. The van der Waals surface area contributed by atoms with E-state index < -0.39 is 5.82 Å². The SMILES string of the molecule is CCNCC[C@H](C(C)C)N1CC2(CCN(c3ncnnc3Oc3ccc(F)cc3C(=O)N(CC)C(C)C)C2)C1.O=CO. The number of anilines is 1. The van der Waals surface area contributed by atoms with E-state index in [1.807, 2.05) is 20.8 Å². The van der Waals surface area contributed by atoms with Crippen LogP contribution in [0, 0.1) is 17.2 Å². The van der Waals surface area contributed by atoms with Gasteiger partial charge in [0.2, 0.25) is 0 Å². The lowest BCUT2D eigenvalue weighted by Crippen LogP contribution is -2.62. The molecule has 1 atom stereocenters. The van der Waals surface area contributed by atoms with Gasteiger partial charge in [-0.3, -0.25) is 14.5 Å². The summed E-state index contributed by atoms with van der Waals surface area (Å²) in [5.41, 5.74) is 0.385. The number of halogens is 1. The van der Waals surface area contributed by atoms with Gasteiger partial charge >= 0.3 is 0 Å². The third-order valence-electron chi connectivity index (χ3n) is 8.10. The van der Waals surface area contributed by atoms with E-state index in [0.717, 1.165) is 52.1 Å². The molecular formula is C30H46FN7O4. The van der Waals surface area contributed by atoms with E-state index in [1.165, 1.54) is 24.5 Å². The van der Waals surface area contributed by atoms with Crippen LogP contribution in [0.5, 0.6) is 11.6 Å². The van der Waals surface area contributed by atoms with Gasteiger partial charge < -0.3 is 25.0 Å². The largest absolute Gasteiger partial charge is 0.483 e. The molecule has 2 aliphatic heterocycles. The maximum Gasteiger partial charge on any atom is 0.290 e. The van der Waals surface area contributed by atoms with Crippen molar-refractivity contribution in [3.8, 4) is 11.6 Å². The van der Waals surface area contributed by atoms with Crippen molar-refractivity contribution >= 4 is 18.2 Å². The Bertz CT molecular complexity index is 1180. The summed E-state index contributed by atoms with van der Waals surface area (Å²) in [5.74, 6) is 0.898. The first-order valence-corrected chi connectivity index (χ1v) is 14.8. The average Bonchev–Trinajstić information content (AvgIpc) is 3.38. The van der Waals surface area contributed by atoms with Crippen molar-refractivity contribution in [2.24, 2.45) is 11.3 Å². The van der Waals surface area contributed by atoms with Gasteiger partial charge in [-0.2, -0.15) is 0 Å². The molecule has 0 bridgehead atoms. The topological polar surface area (TPSA) is 124 Å². The number of nitrogens with zero attached hydrogens (tertiary/aromatic N) is 6. The van der Waals surface area contributed by atoms with Crippen molar-refractivity contribution in [1.82, 2.24) is 30.3 Å². The number of carbonyl (C=O) groups excluding carboxylic acids is 1. The van der Waals surface area contributed by atoms with Crippen LogP contribution in [0.1, 0.15) is 64.7 Å². The summed E-state index contributed by atoms with van der Waals surface area (Å²) in [7, 11) is 0. The maximum atomic E-state index is 14.2. The molecule has 2 aromatic rings. The van der Waals surface area contributed by atoms with Crippen molar-refractivity contribution < 1.29 is 23.8 Å². The minimum Gasteiger partial charge on any atom is -0.483 e. The number of hydrogen-bond donors (Lipinski definition) is 2. The second-order valence-corrected chi connectivity index (χ2v) is 11.7. The van der Waals surface area contributed by atoms with Crippen molar-refractivity contribution in [1.29, 1.82) is 0 Å². The smallest absolute Gasteiger partial charge is 0.290 e. The maximum absolute atomic E-state index is 14.2. The van der Waals surface area contributed by atoms with Gasteiger partial charge in [0.05, 0.1) is 5.56 Å². The van der Waals surface area contributed by atoms with E-state index in [0.29, 0.717) is 24.3 Å². The van der Waals surface area contributed by atoms with Crippen molar-refractivity contribution in [3.05, 3.63) is 35.9 Å². The molecule has 1 aromatic heterocycles. The number of nitrogens with one attached hydrogen (secondary N) is 1. The molecule has 0 unspecified atom stereocenters. The minimum atomic E-state index is -0.496. The fourth-order valence-electron chi connectivity index (χ4n) is 6.09. The van der Waals surface area contributed by atoms with Crippen LogP contribution in [0.15, 0.2) is 24.5 Å². The molecule has 1 spiro atoms. The van der Waals surface area contributed by atoms with Crippen LogP contribution < -0.4 is 15.0 Å². The number of amides is 1. The molecule has 4 rings (SSSR count). The Balaban J connectivity index is 0.00000155. The first-order valence-electron chi connectivity index (χ1n) is 14.8. The number of rotatable bonds is 12. The number of ether oxygens (including phenoxy) is 1. The number of hydrogen-bond acceptors (Lipinski definition) is 9. The fraction of sp³-hybridized carbons (Fsp3) is 0.633. The quantitative estimate of drug-likeness (QED) is 0.279. The highest BCUT2D eigenvalue weighted by molar-refractivity contribution is 5.97. The first kappa shape index (κ1) is 33.1. The zero-order valence-corrected chi connectivity index (χ0v) is 25.7. The monoisotopic (exact) mass is 587 g/mol. The molecule has 2 fully saturated rings. The van der Waals surface area contributed by atoms with Crippen LogP contribution in [-0.4, -0.2) is 100 Å². The fourth-order valence-corrected chi connectivity index (χ4v) is 6.09. The number of aromatic nitrogens is 3. The van der Waals surface area contributed by atoms with Crippen LogP contribution in [-0.2, 0) is 4.79 Å². The zero-order chi connectivity index (χ0) is 30.9. The van der Waals surface area contributed by atoms with Crippen molar-refractivity contribution in [2.75, 3.05) is 50.7 Å². The lowest BCUT2D eigenvalue weighted by Gasteiger charge is -2.53. The molecule has 1 aromatic carbocycles. The molecule has 2 aliphatic rings. The van der Waals surface area contributed by atoms with E-state index in [4.69, 9.17) is 14.6 Å². The first-order chi connectivity index (χ1) is 20.1. The number of benzene rings is 1. The molecule has 2 saturated heterocycles. The van der Waals surface area contributed by atoms with E-state index in [2.05, 4.69) is 51.1 Å². The zero-order valence-electron chi connectivity index (χ0n) is 25.7. The lowest BCUT2D eigenvalue weighted by atomic mass is 9.76. The molecular weight excluding hydrogens is 541 g/mol. The molecule has 11 nitrogen and oxygen atoms in total. The highest BCUT2D eigenvalue weighted by atomic mass is 19.1. The van der Waals surface area contributed by atoms with Crippen LogP contribution in [0.2, 0.25) is 0 Å². The molecule has 0 aliphatic carbocycles. The van der Waals surface area contributed by atoms with E-state index in [9.17, 15) is 9.18 Å². The number of carboxylic acid groups (broad SMARTS) is 1. The Hall–Kier alpha value is -3.38. The van der Waals surface area contributed by atoms with E-state index in [1.54, 1.807) is 4.90 Å². The molecule has 232 valence electrons. The van der Waals surface area contributed by atoms with Crippen LogP contribution in [0.4, 0.5) is 10.2 Å². The third-order valence-corrected chi connectivity index (χ3v) is 8.10. The molecule has 1 amide bonds. The Kier molecular flexibility index (Phi) is 12.0. The van der Waals surface area contributed by atoms with Gasteiger partial charge in [0.1, 0.15) is 17.9 Å². The third kappa shape index (κ3) is 7.91. The Morgan fingerprint density at radius 2 is 1.95 bits per heavy atom. The lowest BCUT2D eigenvalue weighted by molar-refractivity contribution is -0.122. The van der Waals surface area contributed by atoms with Crippen LogP contribution >= 0.6 is 0 Å². The second-order valence-electron chi connectivity index (χ2n) is 11.7. The molecule has 0 saturated carbocycles. The highest BCUT2D eigenvalue weighted by Crippen LogP contribution is 2.44. The predicted octanol–water partition coefficient (Wildman–Crippen LogP) is 3.91. The van der Waals surface area contributed by atoms with Gasteiger partial charge in [-0.05, 0) is 70.8 Å². The van der Waals surface area contributed by atoms with Crippen LogP contribution in [0.3, 0.4) is 0 Å². The summed E-state index contributed by atoms with van der Waals surface area (Å²) in [6.45, 7) is 18.7. The summed E-state index contributed by atoms with van der Waals surface area (Å²) in [5, 5.41) is 18.5. The van der Waals surface area contributed by atoms with Gasteiger partial charge in [0, 0.05) is 50.2 Å². The summed E-state index contributed by atoms with van der Waals surface area (Å²) < 4.78 is 20.4. The van der Waals surface area contributed by atoms with Gasteiger partial charge in [0.25, 0.3) is 18.3 Å². The summed E-state index contributed by atoms with van der Waals surface area (Å²) in [6.07, 6.45) is 3.65. The van der Waals surface area contributed by atoms with Gasteiger partial charge in [-0.15, -0.1) is 10.2 Å². The molecule has 12 heteroatoms. The van der Waals surface area contributed by atoms with E-state index in [-0.39, 0.29) is 41.0 Å². The summed E-state index contributed by atoms with van der Waals surface area (Å²) >= 11 is 0. The predicted molar refractivity (Wildman–Crippen MR) is 159 cm³/mol. The normalized spacial score (nSPS) is 16.6. The second kappa shape index (κ2) is 15.2. The van der Waals surface area contributed by atoms with Gasteiger partial charge in [0.15, 0.2) is 5.82 Å². The number of carbonyl (C=O) groups is 2. The summed E-state index contributed by atoms with van der Waals surface area (Å²) in [6, 6.07) is 4.53. The minimum absolute atomic E-state index is 0.0339. The highest BCUT2D eigenvalue weighted by Gasteiger charge is 2.50. The van der Waals surface area contributed by atoms with E-state index >= 15 is 0 Å². The summed E-state index contributed by atoms with van der Waals surface area (Å²) in [4.78, 5) is 32.7. The van der Waals surface area contributed by atoms with Crippen molar-refractivity contribution in [3.63, 3.8) is 0 Å².